The molecule has 10 nitrogen and oxygen atoms in total. The van der Waals surface area contributed by atoms with Crippen molar-refractivity contribution in [2.45, 2.75) is 180 Å². The fraction of sp³-hybridized carbons (Fsp3) is 0.723. The van der Waals surface area contributed by atoms with E-state index in [4.69, 9.17) is 23.4 Å². The molecule has 58 heavy (non-hydrogen) atoms. The van der Waals surface area contributed by atoms with Crippen LogP contribution in [0.25, 0.3) is 0 Å². The summed E-state index contributed by atoms with van der Waals surface area (Å²) in [4.78, 5) is 37.1. The van der Waals surface area contributed by atoms with Gasteiger partial charge < -0.3 is 33.2 Å². The van der Waals surface area contributed by atoms with Gasteiger partial charge in [-0.3, -0.25) is 9.78 Å². The van der Waals surface area contributed by atoms with E-state index in [1.165, 1.54) is 25.7 Å². The van der Waals surface area contributed by atoms with Crippen molar-refractivity contribution in [1.82, 2.24) is 14.8 Å². The Bertz CT molecular complexity index is 1510. The van der Waals surface area contributed by atoms with Crippen LogP contribution in [0.2, 0.25) is 18.1 Å². The maximum absolute atomic E-state index is 14.2. The van der Waals surface area contributed by atoms with Gasteiger partial charge in [0, 0.05) is 49.5 Å². The van der Waals surface area contributed by atoms with E-state index < -0.39 is 38.5 Å². The summed E-state index contributed by atoms with van der Waals surface area (Å²) in [5, 5.41) is -0.0690. The summed E-state index contributed by atoms with van der Waals surface area (Å²) in [6.45, 7) is 27.1. The Labute approximate surface area is 352 Å². The van der Waals surface area contributed by atoms with Gasteiger partial charge in [0.2, 0.25) is 0 Å². The smallest absolute Gasteiger partial charge is 0.410 e. The van der Waals surface area contributed by atoms with Crippen LogP contribution in [-0.2, 0) is 28.2 Å². The van der Waals surface area contributed by atoms with E-state index in [1.807, 2.05) is 82.0 Å². The molecule has 0 aromatic carbocycles. The van der Waals surface area contributed by atoms with Gasteiger partial charge in [-0.15, -0.1) is 0 Å². The van der Waals surface area contributed by atoms with E-state index in [0.29, 0.717) is 38.6 Å². The van der Waals surface area contributed by atoms with Crippen LogP contribution in [0.5, 0.6) is 0 Å². The number of allylic oxidation sites excluding steroid dienone is 3. The monoisotopic (exact) mass is 824 g/mol. The first-order chi connectivity index (χ1) is 27.4. The van der Waals surface area contributed by atoms with Gasteiger partial charge in [-0.2, -0.15) is 0 Å². The molecule has 3 aliphatic rings. The first-order valence-electron chi connectivity index (χ1n) is 22.2. The number of cyclic esters (lactones) is 1. The lowest BCUT2D eigenvalue weighted by Gasteiger charge is -2.42. The van der Waals surface area contributed by atoms with E-state index >= 15 is 0 Å². The van der Waals surface area contributed by atoms with Crippen molar-refractivity contribution in [2.75, 3.05) is 32.8 Å². The molecule has 0 aliphatic carbocycles. The zero-order valence-electron chi connectivity index (χ0n) is 37.8. The Kier molecular flexibility index (Phi) is 18.3. The molecule has 1 unspecified atom stereocenters. The second-order valence-electron chi connectivity index (χ2n) is 18.7. The zero-order valence-corrected chi connectivity index (χ0v) is 38.8. The highest BCUT2D eigenvalue weighted by Crippen LogP contribution is 2.40. The molecular formula is C47H77N3O7Si. The number of likely N-dealkylation sites (tertiary alicyclic amines) is 2. The van der Waals surface area contributed by atoms with Crippen LogP contribution in [0.15, 0.2) is 60.3 Å². The van der Waals surface area contributed by atoms with Gasteiger partial charge in [0.1, 0.15) is 11.7 Å². The van der Waals surface area contributed by atoms with Gasteiger partial charge in [-0.1, -0.05) is 77.8 Å². The standard InChI is InChI=1S/C47H77N3O7Si/c1-12-53-38(5)56-47(9)28-25-40(57-58(10,11)46(6,7)8)34-43(51)55-44(36(3)21-19-20-35(2)41-22-15-16-29-48-41)37(4)23-24-42(47)54-45(52)50-32-26-39(27-33-50)49-30-17-13-14-18-31-49/h15-16,19-24,29,35,37-40,42,44H,12-14,17-18,25-28,30-34H2,1-11H3/b20-19+,24-23-,36-21+/t35-,37+,38?,40-,42+,44-,47-/m1/s1. The van der Waals surface area contributed by atoms with E-state index in [9.17, 15) is 9.59 Å². The van der Waals surface area contributed by atoms with Crippen molar-refractivity contribution in [3.63, 3.8) is 0 Å². The predicted octanol–water partition coefficient (Wildman–Crippen LogP) is 10.4. The molecule has 0 spiro atoms. The number of pyridine rings is 1. The van der Waals surface area contributed by atoms with E-state index in [2.05, 4.69) is 56.7 Å². The Hall–Kier alpha value is -2.83. The van der Waals surface area contributed by atoms with Crippen molar-refractivity contribution >= 4 is 20.4 Å². The third-order valence-electron chi connectivity index (χ3n) is 12.9. The summed E-state index contributed by atoms with van der Waals surface area (Å²) < 4.78 is 32.6. The maximum atomic E-state index is 14.2. The number of ether oxygens (including phenoxy) is 4. The molecule has 0 radical (unpaired) electrons. The number of rotatable bonds is 12. The number of aromatic nitrogens is 1. The molecule has 2 saturated heterocycles. The molecule has 11 heteroatoms. The molecule has 1 amide bonds. The van der Waals surface area contributed by atoms with Crippen molar-refractivity contribution in [2.24, 2.45) is 5.92 Å². The van der Waals surface area contributed by atoms with Gasteiger partial charge in [0.15, 0.2) is 20.7 Å². The lowest BCUT2D eigenvalue weighted by molar-refractivity contribution is -0.222. The second kappa shape index (κ2) is 22.1. The third kappa shape index (κ3) is 14.1. The highest BCUT2D eigenvalue weighted by Gasteiger charge is 2.44. The first-order valence-corrected chi connectivity index (χ1v) is 25.1. The number of carbonyl (C=O) groups excluding carboxylic acids is 2. The Morgan fingerprint density at radius 1 is 1.05 bits per heavy atom. The third-order valence-corrected chi connectivity index (χ3v) is 17.4. The summed E-state index contributed by atoms with van der Waals surface area (Å²) in [6.07, 6.45) is 17.4. The van der Waals surface area contributed by atoms with Crippen molar-refractivity contribution < 1.29 is 33.0 Å². The summed E-state index contributed by atoms with van der Waals surface area (Å²) in [6, 6.07) is 6.43. The number of nitrogens with zero attached hydrogens (tertiary/aromatic N) is 3. The lowest BCUT2D eigenvalue weighted by atomic mass is 9.88. The topological polar surface area (TPSA) is 99.7 Å². The lowest BCUT2D eigenvalue weighted by Crippen LogP contribution is -2.51. The molecule has 1 aromatic rings. The summed E-state index contributed by atoms with van der Waals surface area (Å²) in [5.41, 5.74) is 0.893. The van der Waals surface area contributed by atoms with Gasteiger partial charge in [0.05, 0.1) is 12.5 Å². The van der Waals surface area contributed by atoms with Crippen LogP contribution in [0.3, 0.4) is 0 Å². The molecule has 4 rings (SSSR count). The first kappa shape index (κ1) is 47.8. The van der Waals surface area contributed by atoms with Crippen LogP contribution >= 0.6 is 0 Å². The minimum Gasteiger partial charge on any atom is -0.457 e. The fourth-order valence-corrected chi connectivity index (χ4v) is 9.55. The Morgan fingerprint density at radius 3 is 2.36 bits per heavy atom. The van der Waals surface area contributed by atoms with E-state index in [1.54, 1.807) is 6.20 Å². The molecule has 0 N–H and O–H groups in total. The summed E-state index contributed by atoms with van der Waals surface area (Å²) >= 11 is 0. The number of piperidine rings is 1. The average molecular weight is 824 g/mol. The van der Waals surface area contributed by atoms with Crippen molar-refractivity contribution in [3.05, 3.63) is 66.0 Å². The second-order valence-corrected chi connectivity index (χ2v) is 23.4. The molecule has 2 fully saturated rings. The summed E-state index contributed by atoms with van der Waals surface area (Å²) in [7, 11) is -2.31. The SMILES string of the molecule is CCOC(C)O[C@]1(C)CC[C@@H](O[Si](C)(C)C(C)(C)C)CC(=O)O[C@H](/C(C)=C/C=C/[C@@H](C)c2ccccn2)[C@@H](C)/C=C\[C@@H]1OC(=O)N1CCC(N2CCCCCC2)CC1. The zero-order chi connectivity index (χ0) is 42.5. The number of carbonyl (C=O) groups is 2. The molecule has 1 aromatic heterocycles. The Balaban J connectivity index is 1.67. The Morgan fingerprint density at radius 2 is 1.74 bits per heavy atom. The van der Waals surface area contributed by atoms with Crippen LogP contribution < -0.4 is 0 Å². The molecule has 0 saturated carbocycles. The molecule has 3 aliphatic heterocycles. The molecule has 0 bridgehead atoms. The highest BCUT2D eigenvalue weighted by atomic mass is 28.4. The number of amides is 1. The van der Waals surface area contributed by atoms with Crippen molar-refractivity contribution in [1.29, 1.82) is 0 Å². The number of hydrogen-bond donors (Lipinski definition) is 0. The van der Waals surface area contributed by atoms with Crippen LogP contribution in [-0.4, -0.2) is 104 Å². The average Bonchev–Trinajstić information content (AvgIpc) is 3.47. The number of esters is 1. The van der Waals surface area contributed by atoms with Gasteiger partial charge >= 0.3 is 12.1 Å². The van der Waals surface area contributed by atoms with Crippen molar-refractivity contribution in [3.8, 4) is 0 Å². The van der Waals surface area contributed by atoms with Crippen LogP contribution in [0, 0.1) is 5.92 Å². The minimum absolute atomic E-state index is 0.0690. The van der Waals surface area contributed by atoms with Gasteiger partial charge in [0.25, 0.3) is 0 Å². The molecule has 7 atom stereocenters. The normalized spacial score (nSPS) is 28.5. The van der Waals surface area contributed by atoms with Gasteiger partial charge in [-0.05, 0) is 121 Å². The quantitative estimate of drug-likeness (QED) is 0.0671. The maximum Gasteiger partial charge on any atom is 0.410 e. The highest BCUT2D eigenvalue weighted by molar-refractivity contribution is 6.74. The van der Waals surface area contributed by atoms with Crippen LogP contribution in [0.4, 0.5) is 4.79 Å². The summed E-state index contributed by atoms with van der Waals surface area (Å²) in [5.74, 6) is -0.438. The largest absolute Gasteiger partial charge is 0.457 e. The predicted molar refractivity (Wildman–Crippen MR) is 235 cm³/mol. The molecular weight excluding hydrogens is 747 g/mol. The molecule has 4 heterocycles. The minimum atomic E-state index is -2.31. The van der Waals surface area contributed by atoms with Gasteiger partial charge in [-0.25, -0.2) is 4.79 Å². The van der Waals surface area contributed by atoms with E-state index in [0.717, 1.165) is 37.2 Å². The van der Waals surface area contributed by atoms with E-state index in [-0.39, 0.29) is 35.4 Å². The molecule has 326 valence electrons. The number of hydrogen-bond acceptors (Lipinski definition) is 9. The fourth-order valence-electron chi connectivity index (χ4n) is 8.16. The van der Waals surface area contributed by atoms with Crippen LogP contribution in [0.1, 0.15) is 132 Å².